The highest BCUT2D eigenvalue weighted by molar-refractivity contribution is 9.10. The molecular weight excluding hydrogens is 352 g/mol. The van der Waals surface area contributed by atoms with Gasteiger partial charge in [0.15, 0.2) is 0 Å². The number of halogens is 2. The Labute approximate surface area is 142 Å². The molecule has 0 amide bonds. The quantitative estimate of drug-likeness (QED) is 0.876. The topological polar surface area (TPSA) is 24.5 Å². The number of hydrogen-bond donors (Lipinski definition) is 1. The van der Waals surface area contributed by atoms with Gasteiger partial charge in [0.1, 0.15) is 5.75 Å². The maximum Gasteiger partial charge on any atom is 0.127 e. The molecule has 0 radical (unpaired) electrons. The Morgan fingerprint density at radius 3 is 3.05 bits per heavy atom. The lowest BCUT2D eigenvalue weighted by molar-refractivity contribution is 0.213. The van der Waals surface area contributed by atoms with Crippen LogP contribution >= 0.6 is 28.3 Å². The lowest BCUT2D eigenvalue weighted by Gasteiger charge is -2.27. The van der Waals surface area contributed by atoms with Crippen LogP contribution in [-0.2, 0) is 13.0 Å². The molecule has 0 bridgehead atoms. The summed E-state index contributed by atoms with van der Waals surface area (Å²) in [5, 5.41) is 3.49. The van der Waals surface area contributed by atoms with E-state index in [1.54, 1.807) is 0 Å². The first kappa shape index (κ1) is 17.1. The van der Waals surface area contributed by atoms with Crippen molar-refractivity contribution in [3.8, 4) is 5.75 Å². The first-order valence-electron chi connectivity index (χ1n) is 7.59. The molecule has 1 atom stereocenters. The van der Waals surface area contributed by atoms with E-state index in [4.69, 9.17) is 4.74 Å². The Morgan fingerprint density at radius 2 is 2.19 bits per heavy atom. The van der Waals surface area contributed by atoms with Crippen molar-refractivity contribution in [3.05, 3.63) is 27.7 Å². The lowest BCUT2D eigenvalue weighted by atomic mass is 10.0. The van der Waals surface area contributed by atoms with E-state index in [-0.39, 0.29) is 12.4 Å². The molecule has 118 valence electrons. The van der Waals surface area contributed by atoms with E-state index in [1.165, 1.54) is 41.4 Å². The molecule has 5 heteroatoms. The highest BCUT2D eigenvalue weighted by Gasteiger charge is 2.21. The van der Waals surface area contributed by atoms with Gasteiger partial charge in [-0.15, -0.1) is 12.4 Å². The molecule has 0 spiro atoms. The minimum Gasteiger partial charge on any atom is -0.493 e. The van der Waals surface area contributed by atoms with Gasteiger partial charge in [0.05, 0.1) is 6.61 Å². The predicted molar refractivity (Wildman–Crippen MR) is 92.6 cm³/mol. The second-order valence-corrected chi connectivity index (χ2v) is 6.82. The van der Waals surface area contributed by atoms with Crippen molar-refractivity contribution < 1.29 is 4.74 Å². The van der Waals surface area contributed by atoms with Crippen molar-refractivity contribution in [1.82, 2.24) is 10.2 Å². The van der Waals surface area contributed by atoms with Crippen molar-refractivity contribution in [2.75, 3.05) is 26.7 Å². The summed E-state index contributed by atoms with van der Waals surface area (Å²) >= 11 is 3.63. The van der Waals surface area contributed by atoms with E-state index < -0.39 is 0 Å². The molecule has 0 saturated carbocycles. The van der Waals surface area contributed by atoms with Gasteiger partial charge in [0.25, 0.3) is 0 Å². The smallest absolute Gasteiger partial charge is 0.127 e. The molecule has 1 saturated heterocycles. The molecule has 0 aliphatic carbocycles. The molecule has 2 heterocycles. The van der Waals surface area contributed by atoms with E-state index in [2.05, 4.69) is 45.3 Å². The summed E-state index contributed by atoms with van der Waals surface area (Å²) < 4.78 is 7.01. The van der Waals surface area contributed by atoms with Crippen molar-refractivity contribution in [3.63, 3.8) is 0 Å². The molecule has 0 aromatic heterocycles. The molecule has 1 unspecified atom stereocenters. The van der Waals surface area contributed by atoms with Crippen LogP contribution < -0.4 is 10.1 Å². The third-order valence-corrected chi connectivity index (χ3v) is 4.87. The fourth-order valence-electron chi connectivity index (χ4n) is 3.30. The maximum absolute atomic E-state index is 5.84. The summed E-state index contributed by atoms with van der Waals surface area (Å²) in [5.41, 5.74) is 2.68. The Hall–Kier alpha value is -0.290. The number of ether oxygens (including phenoxy) is 1. The van der Waals surface area contributed by atoms with Crippen molar-refractivity contribution >= 4 is 28.3 Å². The first-order valence-corrected chi connectivity index (χ1v) is 8.38. The molecule has 1 fully saturated rings. The monoisotopic (exact) mass is 374 g/mol. The van der Waals surface area contributed by atoms with Crippen molar-refractivity contribution in [2.45, 2.75) is 38.3 Å². The van der Waals surface area contributed by atoms with E-state index in [9.17, 15) is 0 Å². The summed E-state index contributed by atoms with van der Waals surface area (Å²) in [6.45, 7) is 4.12. The van der Waals surface area contributed by atoms with Gasteiger partial charge >= 0.3 is 0 Å². The average molecular weight is 376 g/mol. The van der Waals surface area contributed by atoms with Crippen LogP contribution in [-0.4, -0.2) is 37.7 Å². The van der Waals surface area contributed by atoms with Crippen molar-refractivity contribution in [1.29, 1.82) is 0 Å². The van der Waals surface area contributed by atoms with Crippen LogP contribution in [0.3, 0.4) is 0 Å². The molecule has 2 aliphatic heterocycles. The summed E-state index contributed by atoms with van der Waals surface area (Å²) in [6, 6.07) is 5.10. The summed E-state index contributed by atoms with van der Waals surface area (Å²) in [5.74, 6) is 1.13. The molecule has 3 rings (SSSR count). The minimum absolute atomic E-state index is 0. The molecule has 3 nitrogen and oxygen atoms in total. The Bertz CT molecular complexity index is 476. The predicted octanol–water partition coefficient (Wildman–Crippen LogP) is 3.38. The minimum atomic E-state index is 0. The fraction of sp³-hybridized carbons (Fsp3) is 0.625. The van der Waals surface area contributed by atoms with Gasteiger partial charge in [-0.25, -0.2) is 0 Å². The lowest BCUT2D eigenvalue weighted by Crippen LogP contribution is -2.32. The van der Waals surface area contributed by atoms with Gasteiger partial charge in [0, 0.05) is 29.0 Å². The Balaban J connectivity index is 0.00000161. The van der Waals surface area contributed by atoms with Crippen LogP contribution in [0.2, 0.25) is 0 Å². The number of hydrogen-bond acceptors (Lipinski definition) is 3. The van der Waals surface area contributed by atoms with E-state index in [1.807, 2.05) is 0 Å². The molecule has 1 aromatic carbocycles. The molecule has 21 heavy (non-hydrogen) atoms. The van der Waals surface area contributed by atoms with Gasteiger partial charge < -0.3 is 10.1 Å². The number of nitrogens with one attached hydrogen (secondary N) is 1. The number of benzene rings is 1. The third-order valence-electron chi connectivity index (χ3n) is 4.41. The van der Waals surface area contributed by atoms with Gasteiger partial charge in [-0.2, -0.15) is 0 Å². The highest BCUT2D eigenvalue weighted by atomic mass is 79.9. The zero-order valence-corrected chi connectivity index (χ0v) is 14.9. The standard InChI is InChI=1S/C16H23BrN2O.ClH/c1-19(15-3-2-6-18-7-4-15)11-13-10-14(17)9-12-5-8-20-16(12)13;/h9-10,15,18H,2-8,11H2,1H3;1H. The Kier molecular flexibility index (Phi) is 6.35. The summed E-state index contributed by atoms with van der Waals surface area (Å²) in [7, 11) is 2.25. The highest BCUT2D eigenvalue weighted by Crippen LogP contribution is 2.34. The van der Waals surface area contributed by atoms with Gasteiger partial charge in [-0.05, 0) is 57.1 Å². The van der Waals surface area contributed by atoms with Gasteiger partial charge in [-0.3, -0.25) is 4.90 Å². The van der Waals surface area contributed by atoms with E-state index in [0.29, 0.717) is 6.04 Å². The summed E-state index contributed by atoms with van der Waals surface area (Å²) in [4.78, 5) is 2.50. The van der Waals surface area contributed by atoms with Crippen LogP contribution in [0, 0.1) is 0 Å². The maximum atomic E-state index is 5.84. The van der Waals surface area contributed by atoms with Crippen molar-refractivity contribution in [2.24, 2.45) is 0 Å². The zero-order chi connectivity index (χ0) is 13.9. The van der Waals surface area contributed by atoms with Crippen LogP contribution in [0.5, 0.6) is 5.75 Å². The van der Waals surface area contributed by atoms with Crippen LogP contribution in [0.1, 0.15) is 30.4 Å². The van der Waals surface area contributed by atoms with Crippen LogP contribution in [0.15, 0.2) is 16.6 Å². The van der Waals surface area contributed by atoms with Gasteiger partial charge in [-0.1, -0.05) is 15.9 Å². The fourth-order valence-corrected chi connectivity index (χ4v) is 3.86. The third kappa shape index (κ3) is 4.13. The number of fused-ring (bicyclic) bond motifs is 1. The normalized spacial score (nSPS) is 21.4. The zero-order valence-electron chi connectivity index (χ0n) is 12.5. The number of nitrogens with zero attached hydrogens (tertiary/aromatic N) is 1. The summed E-state index contributed by atoms with van der Waals surface area (Å²) in [6.07, 6.45) is 4.86. The Morgan fingerprint density at radius 1 is 1.33 bits per heavy atom. The largest absolute Gasteiger partial charge is 0.493 e. The average Bonchev–Trinajstić information content (AvgIpc) is 2.72. The van der Waals surface area contributed by atoms with E-state index >= 15 is 0 Å². The second kappa shape index (κ2) is 7.82. The number of rotatable bonds is 3. The molecule has 2 aliphatic rings. The SMILES string of the molecule is CN(Cc1cc(Br)cc2c1OCC2)C1CCCNCC1.Cl. The first-order chi connectivity index (χ1) is 9.74. The van der Waals surface area contributed by atoms with Crippen LogP contribution in [0.25, 0.3) is 0 Å². The van der Waals surface area contributed by atoms with E-state index in [0.717, 1.165) is 31.9 Å². The second-order valence-electron chi connectivity index (χ2n) is 5.90. The molecule has 1 N–H and O–H groups in total. The van der Waals surface area contributed by atoms with Crippen LogP contribution in [0.4, 0.5) is 0 Å². The van der Waals surface area contributed by atoms with Gasteiger partial charge in [0.2, 0.25) is 0 Å². The molecule has 1 aromatic rings. The molecular formula is C16H24BrClN2O.